The number of likely N-dealkylation sites (tertiary alicyclic amines) is 2. The van der Waals surface area contributed by atoms with Gasteiger partial charge in [-0.15, -0.1) is 0 Å². The minimum absolute atomic E-state index is 0.558. The minimum Gasteiger partial charge on any atom is -0.299 e. The Morgan fingerprint density at radius 3 is 2.43 bits per heavy atom. The van der Waals surface area contributed by atoms with E-state index in [0.29, 0.717) is 11.5 Å². The van der Waals surface area contributed by atoms with E-state index < -0.39 is 0 Å². The maximum Gasteiger partial charge on any atom is 0.0537 e. The zero-order valence-corrected chi connectivity index (χ0v) is 18.9. The Kier molecular flexibility index (Phi) is 5.72. The van der Waals surface area contributed by atoms with Gasteiger partial charge in [-0.25, -0.2) is 0 Å². The lowest BCUT2D eigenvalue weighted by Gasteiger charge is -2.63. The van der Waals surface area contributed by atoms with Crippen LogP contribution < -0.4 is 0 Å². The van der Waals surface area contributed by atoms with E-state index in [-0.39, 0.29) is 0 Å². The summed E-state index contributed by atoms with van der Waals surface area (Å²) in [4.78, 5) is 5.53. The first-order valence-electron chi connectivity index (χ1n) is 12.2. The van der Waals surface area contributed by atoms with Gasteiger partial charge >= 0.3 is 0 Å². The number of piperidine rings is 1. The first-order valence-corrected chi connectivity index (χ1v) is 12.2. The predicted molar refractivity (Wildman–Crippen MR) is 122 cm³/mol. The molecule has 1 spiro atoms. The van der Waals surface area contributed by atoms with Gasteiger partial charge in [0.1, 0.15) is 0 Å². The molecule has 3 aliphatic rings. The summed E-state index contributed by atoms with van der Waals surface area (Å²) >= 11 is 0. The van der Waals surface area contributed by atoms with Crippen LogP contribution in [-0.2, 0) is 13.1 Å². The molecule has 2 saturated heterocycles. The summed E-state index contributed by atoms with van der Waals surface area (Å²) in [5.41, 5.74) is 4.87. The number of hydrogen-bond donors (Lipinski definition) is 0. The van der Waals surface area contributed by atoms with E-state index in [0.717, 1.165) is 19.1 Å². The molecule has 3 fully saturated rings. The number of aryl methyl sites for hydroxylation is 1. The van der Waals surface area contributed by atoms with Gasteiger partial charge in [0.05, 0.1) is 6.20 Å². The smallest absolute Gasteiger partial charge is 0.0537 e. The Bertz CT molecular complexity index is 828. The van der Waals surface area contributed by atoms with E-state index in [4.69, 9.17) is 0 Å². The van der Waals surface area contributed by atoms with E-state index >= 15 is 0 Å². The van der Waals surface area contributed by atoms with E-state index in [1.807, 2.05) is 0 Å². The van der Waals surface area contributed by atoms with Gasteiger partial charge in [0.25, 0.3) is 0 Å². The summed E-state index contributed by atoms with van der Waals surface area (Å²) in [6.07, 6.45) is 11.9. The molecule has 3 heterocycles. The van der Waals surface area contributed by atoms with E-state index in [9.17, 15) is 0 Å². The quantitative estimate of drug-likeness (QED) is 0.683. The summed E-state index contributed by atoms with van der Waals surface area (Å²) in [5.74, 6) is 0. The molecule has 1 saturated carbocycles. The van der Waals surface area contributed by atoms with Gasteiger partial charge in [-0.3, -0.25) is 14.5 Å². The van der Waals surface area contributed by atoms with Gasteiger partial charge in [-0.1, -0.05) is 49.6 Å². The van der Waals surface area contributed by atoms with E-state index in [1.54, 1.807) is 5.56 Å². The van der Waals surface area contributed by atoms with Crippen LogP contribution in [0.5, 0.6) is 0 Å². The zero-order valence-electron chi connectivity index (χ0n) is 18.9. The predicted octanol–water partition coefficient (Wildman–Crippen LogP) is 5.18. The average Bonchev–Trinajstić information content (AvgIpc) is 3.13. The molecule has 1 aromatic carbocycles. The van der Waals surface area contributed by atoms with Crippen LogP contribution >= 0.6 is 0 Å². The number of rotatable bonds is 5. The molecule has 4 heteroatoms. The maximum atomic E-state index is 4.54. The molecular weight excluding hydrogens is 368 g/mol. The first kappa shape index (κ1) is 20.3. The Morgan fingerprint density at radius 1 is 1.03 bits per heavy atom. The summed E-state index contributed by atoms with van der Waals surface area (Å²) in [7, 11) is 0. The second kappa shape index (κ2) is 8.47. The SMILES string of the molecule is CCn1ncc(CN2CCC(N3CC4(CCCCC4)C3c3ccccc3)CC2)c1C. The molecule has 0 bridgehead atoms. The highest BCUT2D eigenvalue weighted by Crippen LogP contribution is 2.58. The molecular formula is C26H38N4. The topological polar surface area (TPSA) is 24.3 Å². The van der Waals surface area contributed by atoms with Crippen molar-refractivity contribution < 1.29 is 0 Å². The van der Waals surface area contributed by atoms with E-state index in [1.165, 1.54) is 75.8 Å². The van der Waals surface area contributed by atoms with Crippen molar-refractivity contribution >= 4 is 0 Å². The van der Waals surface area contributed by atoms with Gasteiger partial charge < -0.3 is 0 Å². The normalized spacial score (nSPS) is 25.5. The van der Waals surface area contributed by atoms with Crippen LogP contribution in [0.1, 0.15) is 74.7 Å². The summed E-state index contributed by atoms with van der Waals surface area (Å²) in [6.45, 7) is 10.2. The van der Waals surface area contributed by atoms with Crippen molar-refractivity contribution in [2.45, 2.75) is 84.0 Å². The lowest BCUT2D eigenvalue weighted by Crippen LogP contribution is -2.63. The Hall–Kier alpha value is -1.65. The van der Waals surface area contributed by atoms with Crippen LogP contribution in [0.3, 0.4) is 0 Å². The molecule has 30 heavy (non-hydrogen) atoms. The Balaban J connectivity index is 1.24. The summed E-state index contributed by atoms with van der Waals surface area (Å²) < 4.78 is 2.12. The highest BCUT2D eigenvalue weighted by molar-refractivity contribution is 5.27. The first-order chi connectivity index (χ1) is 14.7. The average molecular weight is 407 g/mol. The third kappa shape index (κ3) is 3.62. The largest absolute Gasteiger partial charge is 0.299 e. The fraction of sp³-hybridized carbons (Fsp3) is 0.654. The second-order valence-electron chi connectivity index (χ2n) is 9.99. The van der Waals surface area contributed by atoms with Crippen molar-refractivity contribution in [3.8, 4) is 0 Å². The highest BCUT2D eigenvalue weighted by atomic mass is 15.3. The highest BCUT2D eigenvalue weighted by Gasteiger charge is 2.54. The van der Waals surface area contributed by atoms with Crippen LogP contribution in [0.15, 0.2) is 36.5 Å². The zero-order chi connectivity index (χ0) is 20.6. The van der Waals surface area contributed by atoms with Crippen LogP contribution in [-0.4, -0.2) is 45.3 Å². The van der Waals surface area contributed by atoms with Crippen LogP contribution in [0.4, 0.5) is 0 Å². The van der Waals surface area contributed by atoms with Gasteiger partial charge in [-0.05, 0) is 58.2 Å². The summed E-state index contributed by atoms with van der Waals surface area (Å²) in [6, 6.07) is 12.8. The third-order valence-electron chi connectivity index (χ3n) is 8.30. The fourth-order valence-electron chi connectivity index (χ4n) is 6.60. The molecule has 0 amide bonds. The number of benzene rings is 1. The third-order valence-corrected chi connectivity index (χ3v) is 8.30. The van der Waals surface area contributed by atoms with Crippen molar-refractivity contribution in [3.05, 3.63) is 53.3 Å². The van der Waals surface area contributed by atoms with Crippen molar-refractivity contribution in [3.63, 3.8) is 0 Å². The maximum absolute atomic E-state index is 4.54. The molecule has 0 radical (unpaired) electrons. The lowest BCUT2D eigenvalue weighted by molar-refractivity contribution is -0.133. The molecule has 1 aromatic heterocycles. The van der Waals surface area contributed by atoms with Gasteiger partial charge in [0.2, 0.25) is 0 Å². The molecule has 1 aliphatic carbocycles. The molecule has 1 atom stereocenters. The fourth-order valence-corrected chi connectivity index (χ4v) is 6.60. The van der Waals surface area contributed by atoms with Crippen LogP contribution in [0.2, 0.25) is 0 Å². The Morgan fingerprint density at radius 2 is 1.77 bits per heavy atom. The number of aromatic nitrogens is 2. The van der Waals surface area contributed by atoms with Gasteiger partial charge in [0, 0.05) is 48.4 Å². The van der Waals surface area contributed by atoms with Crippen molar-refractivity contribution in [1.29, 1.82) is 0 Å². The van der Waals surface area contributed by atoms with Gasteiger partial charge in [0.15, 0.2) is 0 Å². The van der Waals surface area contributed by atoms with Gasteiger partial charge in [-0.2, -0.15) is 5.10 Å². The van der Waals surface area contributed by atoms with Crippen molar-refractivity contribution in [2.75, 3.05) is 19.6 Å². The summed E-state index contributed by atoms with van der Waals surface area (Å²) in [5, 5.41) is 4.54. The standard InChI is InChI=1S/C26H38N4/c1-3-30-21(2)23(18-27-30)19-28-16-12-24(13-17-28)29-20-26(14-8-5-9-15-26)25(29)22-10-6-4-7-11-22/h4,6-7,10-11,18,24-25H,3,5,8-9,12-17,19-20H2,1-2H3. The molecule has 5 rings (SSSR count). The van der Waals surface area contributed by atoms with Crippen LogP contribution in [0.25, 0.3) is 0 Å². The monoisotopic (exact) mass is 406 g/mol. The van der Waals surface area contributed by atoms with Crippen LogP contribution in [0, 0.1) is 12.3 Å². The second-order valence-corrected chi connectivity index (χ2v) is 9.99. The van der Waals surface area contributed by atoms with Crippen molar-refractivity contribution in [2.24, 2.45) is 5.41 Å². The molecule has 0 N–H and O–H groups in total. The number of hydrogen-bond acceptors (Lipinski definition) is 3. The van der Waals surface area contributed by atoms with E-state index in [2.05, 4.69) is 70.0 Å². The Labute approximate surface area is 182 Å². The minimum atomic E-state index is 0.558. The molecule has 162 valence electrons. The molecule has 1 unspecified atom stereocenters. The molecule has 2 aromatic rings. The molecule has 2 aliphatic heterocycles. The number of nitrogens with zero attached hydrogens (tertiary/aromatic N) is 4. The van der Waals surface area contributed by atoms with Crippen molar-refractivity contribution in [1.82, 2.24) is 19.6 Å². The lowest BCUT2D eigenvalue weighted by atomic mass is 9.60. The molecule has 4 nitrogen and oxygen atoms in total.